The van der Waals surface area contributed by atoms with Crippen LogP contribution in [0.3, 0.4) is 0 Å². The average molecular weight is 324 g/mol. The molecule has 1 aromatic heterocycles. The highest BCUT2D eigenvalue weighted by molar-refractivity contribution is 7.98. The molecular weight excluding hydrogens is 304 g/mol. The molecule has 2 aromatic carbocycles. The van der Waals surface area contributed by atoms with Crippen molar-refractivity contribution in [3.05, 3.63) is 72.3 Å². The Kier molecular flexibility index (Phi) is 5.32. The number of nitrogens with one attached hydrogen (secondary N) is 1. The first-order valence-corrected chi connectivity index (χ1v) is 9.00. The highest BCUT2D eigenvalue weighted by Gasteiger charge is 1.99. The van der Waals surface area contributed by atoms with Crippen molar-refractivity contribution in [1.82, 2.24) is 14.8 Å². The molecule has 1 heterocycles. The molecule has 0 spiro atoms. The van der Waals surface area contributed by atoms with Crippen molar-refractivity contribution in [1.29, 1.82) is 0 Å². The second kappa shape index (κ2) is 7.83. The summed E-state index contributed by atoms with van der Waals surface area (Å²) in [5.74, 6) is 1.17. The van der Waals surface area contributed by atoms with Gasteiger partial charge in [-0.05, 0) is 53.8 Å². The van der Waals surface area contributed by atoms with Crippen molar-refractivity contribution in [3.8, 4) is 5.69 Å². The molecule has 0 amide bonds. The number of hydrogen-bond donors (Lipinski definition) is 1. The lowest BCUT2D eigenvalue weighted by Crippen LogP contribution is -2.00. The quantitative estimate of drug-likeness (QED) is 0.718. The van der Waals surface area contributed by atoms with E-state index in [0.717, 1.165) is 24.3 Å². The molecule has 4 nitrogen and oxygen atoms in total. The molecule has 0 aliphatic carbocycles. The van der Waals surface area contributed by atoms with Crippen LogP contribution < -0.4 is 5.32 Å². The van der Waals surface area contributed by atoms with Crippen molar-refractivity contribution in [3.63, 3.8) is 0 Å². The highest BCUT2D eigenvalue weighted by atomic mass is 32.2. The normalized spacial score (nSPS) is 10.7. The predicted octanol–water partition coefficient (Wildman–Crippen LogP) is 3.78. The smallest absolute Gasteiger partial charge is 0.138 e. The van der Waals surface area contributed by atoms with E-state index in [-0.39, 0.29) is 0 Å². The summed E-state index contributed by atoms with van der Waals surface area (Å²) in [6.07, 6.45) is 6.51. The van der Waals surface area contributed by atoms with Crippen molar-refractivity contribution in [2.24, 2.45) is 0 Å². The third kappa shape index (κ3) is 4.36. The van der Waals surface area contributed by atoms with Crippen molar-refractivity contribution < 1.29 is 0 Å². The Hall–Kier alpha value is -2.27. The molecule has 0 atom stereocenters. The van der Waals surface area contributed by atoms with Crippen LogP contribution in [0.1, 0.15) is 11.1 Å². The van der Waals surface area contributed by atoms with Crippen LogP contribution in [0.2, 0.25) is 0 Å². The summed E-state index contributed by atoms with van der Waals surface area (Å²) in [6.45, 7) is 0.807. The Bertz CT molecular complexity index is 706. The lowest BCUT2D eigenvalue weighted by molar-refractivity contribution is 0.877. The monoisotopic (exact) mass is 324 g/mol. The summed E-state index contributed by atoms with van der Waals surface area (Å²) in [7, 11) is 0. The fourth-order valence-electron chi connectivity index (χ4n) is 2.32. The van der Waals surface area contributed by atoms with E-state index in [1.165, 1.54) is 16.9 Å². The van der Waals surface area contributed by atoms with E-state index in [0.29, 0.717) is 0 Å². The Morgan fingerprint density at radius 1 is 1.00 bits per heavy atom. The summed E-state index contributed by atoms with van der Waals surface area (Å²) < 4.78 is 1.75. The Morgan fingerprint density at radius 3 is 2.39 bits per heavy atom. The van der Waals surface area contributed by atoms with Crippen molar-refractivity contribution in [2.45, 2.75) is 13.0 Å². The van der Waals surface area contributed by atoms with Crippen molar-refractivity contribution in [2.75, 3.05) is 17.3 Å². The van der Waals surface area contributed by atoms with Crippen molar-refractivity contribution >= 4 is 17.4 Å². The van der Waals surface area contributed by atoms with Gasteiger partial charge in [-0.15, -0.1) is 0 Å². The van der Waals surface area contributed by atoms with E-state index < -0.39 is 0 Å². The van der Waals surface area contributed by atoms with Crippen LogP contribution in [0.25, 0.3) is 5.69 Å². The molecule has 0 saturated carbocycles. The summed E-state index contributed by atoms with van der Waals surface area (Å²) in [6, 6.07) is 17.0. The molecule has 3 aromatic rings. The van der Waals surface area contributed by atoms with Gasteiger partial charge in [0.1, 0.15) is 12.7 Å². The molecule has 0 bridgehead atoms. The molecule has 0 radical (unpaired) electrons. The maximum Gasteiger partial charge on any atom is 0.138 e. The van der Waals surface area contributed by atoms with Crippen LogP contribution in [-0.2, 0) is 13.0 Å². The van der Waals surface area contributed by atoms with Crippen LogP contribution in [0, 0.1) is 0 Å². The SMILES string of the molecule is CSCCc1ccc(NCc2ccc(-n3cncn3)cc2)cc1. The number of rotatable bonds is 7. The first-order chi connectivity index (χ1) is 11.3. The van der Waals surface area contributed by atoms with Gasteiger partial charge in [-0.3, -0.25) is 0 Å². The topological polar surface area (TPSA) is 42.7 Å². The van der Waals surface area contributed by atoms with Gasteiger partial charge in [0.15, 0.2) is 0 Å². The van der Waals surface area contributed by atoms with Gasteiger partial charge in [0.25, 0.3) is 0 Å². The number of thioether (sulfide) groups is 1. The maximum atomic E-state index is 4.13. The molecule has 5 heteroatoms. The second-order valence-electron chi connectivity index (χ2n) is 5.30. The first kappa shape index (κ1) is 15.6. The molecule has 0 aliphatic rings. The first-order valence-electron chi connectivity index (χ1n) is 7.61. The lowest BCUT2D eigenvalue weighted by Gasteiger charge is -2.08. The molecule has 118 valence electrons. The van der Waals surface area contributed by atoms with Crippen LogP contribution in [-0.4, -0.2) is 26.8 Å². The minimum absolute atomic E-state index is 0.807. The zero-order valence-corrected chi connectivity index (χ0v) is 14.0. The standard InChI is InChI=1S/C18H20N4S/c1-23-11-10-15-2-6-17(7-3-15)20-12-16-4-8-18(9-5-16)22-14-19-13-21-22/h2-9,13-14,20H,10-12H2,1H3. The van der Waals surface area contributed by atoms with Gasteiger partial charge in [0.2, 0.25) is 0 Å². The highest BCUT2D eigenvalue weighted by Crippen LogP contribution is 2.14. The molecule has 0 fully saturated rings. The van der Waals surface area contributed by atoms with Gasteiger partial charge in [0.05, 0.1) is 5.69 Å². The number of hydrogen-bond acceptors (Lipinski definition) is 4. The molecule has 3 rings (SSSR count). The number of aromatic nitrogens is 3. The Morgan fingerprint density at radius 2 is 1.74 bits per heavy atom. The zero-order chi connectivity index (χ0) is 15.9. The van der Waals surface area contributed by atoms with Crippen LogP contribution in [0.4, 0.5) is 5.69 Å². The Labute approximate surface area is 141 Å². The zero-order valence-electron chi connectivity index (χ0n) is 13.1. The van der Waals surface area contributed by atoms with Gasteiger partial charge >= 0.3 is 0 Å². The van der Waals surface area contributed by atoms with E-state index in [1.807, 2.05) is 11.8 Å². The van der Waals surface area contributed by atoms with E-state index in [2.05, 4.69) is 70.2 Å². The number of benzene rings is 2. The third-order valence-electron chi connectivity index (χ3n) is 3.67. The molecule has 0 aliphatic heterocycles. The van der Waals surface area contributed by atoms with Gasteiger partial charge in [-0.25, -0.2) is 9.67 Å². The predicted molar refractivity (Wildman–Crippen MR) is 97.2 cm³/mol. The molecule has 23 heavy (non-hydrogen) atoms. The lowest BCUT2D eigenvalue weighted by atomic mass is 10.1. The Balaban J connectivity index is 1.55. The maximum absolute atomic E-state index is 4.13. The van der Waals surface area contributed by atoms with Gasteiger partial charge in [-0.2, -0.15) is 16.9 Å². The molecular formula is C18H20N4S. The number of anilines is 1. The number of nitrogens with zero attached hydrogens (tertiary/aromatic N) is 3. The van der Waals surface area contributed by atoms with Gasteiger partial charge in [-0.1, -0.05) is 24.3 Å². The van der Waals surface area contributed by atoms with Crippen LogP contribution in [0.5, 0.6) is 0 Å². The largest absolute Gasteiger partial charge is 0.381 e. The molecule has 0 saturated heterocycles. The molecule has 0 unspecified atom stereocenters. The van der Waals surface area contributed by atoms with Gasteiger partial charge < -0.3 is 5.32 Å². The third-order valence-corrected chi connectivity index (χ3v) is 4.28. The second-order valence-corrected chi connectivity index (χ2v) is 6.29. The minimum atomic E-state index is 0.807. The van der Waals surface area contributed by atoms with E-state index in [9.17, 15) is 0 Å². The summed E-state index contributed by atoms with van der Waals surface area (Å²) in [4.78, 5) is 3.96. The van der Waals surface area contributed by atoms with Crippen LogP contribution >= 0.6 is 11.8 Å². The average Bonchev–Trinajstić information content (AvgIpc) is 3.14. The van der Waals surface area contributed by atoms with Gasteiger partial charge in [0, 0.05) is 12.2 Å². The van der Waals surface area contributed by atoms with E-state index in [4.69, 9.17) is 0 Å². The van der Waals surface area contributed by atoms with Crippen LogP contribution in [0.15, 0.2) is 61.2 Å². The fraction of sp³-hybridized carbons (Fsp3) is 0.222. The number of aryl methyl sites for hydroxylation is 1. The van der Waals surface area contributed by atoms with E-state index >= 15 is 0 Å². The summed E-state index contributed by atoms with van der Waals surface area (Å²) in [5, 5.41) is 7.59. The van der Waals surface area contributed by atoms with E-state index in [1.54, 1.807) is 17.3 Å². The molecule has 1 N–H and O–H groups in total. The summed E-state index contributed by atoms with van der Waals surface area (Å²) >= 11 is 1.88. The summed E-state index contributed by atoms with van der Waals surface area (Å²) in [5.41, 5.74) is 4.80. The minimum Gasteiger partial charge on any atom is -0.381 e. The fourth-order valence-corrected chi connectivity index (χ4v) is 2.76.